The van der Waals surface area contributed by atoms with Crippen molar-refractivity contribution in [3.8, 4) is 5.75 Å². The van der Waals surface area contributed by atoms with Gasteiger partial charge in [0.15, 0.2) is 0 Å². The number of carbonyl (C=O) groups is 2. The standard InChI is InChI=1S/C12H14N2O3/c1-8-12(16)13-7-11(15)14(8)9-3-5-10(17-2)6-4-9/h3-6,8H,7H2,1-2H3,(H,13,16). The molecule has 1 aliphatic heterocycles. The van der Waals surface area contributed by atoms with Gasteiger partial charge in [0.1, 0.15) is 11.8 Å². The van der Waals surface area contributed by atoms with E-state index in [9.17, 15) is 9.59 Å². The van der Waals surface area contributed by atoms with Crippen LogP contribution in [0.4, 0.5) is 5.69 Å². The lowest BCUT2D eigenvalue weighted by molar-refractivity contribution is -0.130. The summed E-state index contributed by atoms with van der Waals surface area (Å²) in [6, 6.07) is 6.59. The lowest BCUT2D eigenvalue weighted by Gasteiger charge is -2.32. The van der Waals surface area contributed by atoms with E-state index >= 15 is 0 Å². The first-order valence-electron chi connectivity index (χ1n) is 5.37. The number of methoxy groups -OCH3 is 1. The summed E-state index contributed by atoms with van der Waals surface area (Å²) in [5.74, 6) is 0.470. The number of nitrogens with zero attached hydrogens (tertiary/aromatic N) is 1. The van der Waals surface area contributed by atoms with E-state index in [1.54, 1.807) is 38.3 Å². The van der Waals surface area contributed by atoms with Crippen molar-refractivity contribution >= 4 is 17.5 Å². The molecule has 17 heavy (non-hydrogen) atoms. The monoisotopic (exact) mass is 234 g/mol. The fourth-order valence-electron chi connectivity index (χ4n) is 1.84. The van der Waals surface area contributed by atoms with Crippen LogP contribution < -0.4 is 15.0 Å². The third-order valence-electron chi connectivity index (χ3n) is 2.80. The van der Waals surface area contributed by atoms with Crippen molar-refractivity contribution in [3.05, 3.63) is 24.3 Å². The Bertz CT molecular complexity index is 442. The van der Waals surface area contributed by atoms with Gasteiger partial charge in [0.25, 0.3) is 0 Å². The van der Waals surface area contributed by atoms with Gasteiger partial charge in [-0.15, -0.1) is 0 Å². The number of benzene rings is 1. The van der Waals surface area contributed by atoms with Crippen LogP contribution in [0, 0.1) is 0 Å². The molecule has 90 valence electrons. The number of amides is 2. The molecule has 5 nitrogen and oxygen atoms in total. The lowest BCUT2D eigenvalue weighted by Crippen LogP contribution is -2.57. The quantitative estimate of drug-likeness (QED) is 0.812. The Kier molecular flexibility index (Phi) is 2.99. The zero-order valence-electron chi connectivity index (χ0n) is 9.77. The van der Waals surface area contributed by atoms with E-state index in [4.69, 9.17) is 4.74 Å². The molecular formula is C12H14N2O3. The summed E-state index contributed by atoms with van der Waals surface area (Å²) in [6.07, 6.45) is 0. The van der Waals surface area contributed by atoms with Crippen LogP contribution in [0.1, 0.15) is 6.92 Å². The summed E-state index contributed by atoms with van der Waals surface area (Å²) < 4.78 is 5.05. The van der Waals surface area contributed by atoms with Crippen molar-refractivity contribution < 1.29 is 14.3 Å². The van der Waals surface area contributed by atoms with Crippen LogP contribution in [0.2, 0.25) is 0 Å². The van der Waals surface area contributed by atoms with Crippen LogP contribution in [-0.2, 0) is 9.59 Å². The number of piperazine rings is 1. The minimum atomic E-state index is -0.482. The maximum atomic E-state index is 11.8. The van der Waals surface area contributed by atoms with Crippen molar-refractivity contribution in [2.24, 2.45) is 0 Å². The number of carbonyl (C=O) groups excluding carboxylic acids is 2. The summed E-state index contributed by atoms with van der Waals surface area (Å²) in [5, 5.41) is 2.55. The zero-order chi connectivity index (χ0) is 12.4. The van der Waals surface area contributed by atoms with Crippen LogP contribution in [0.5, 0.6) is 5.75 Å². The highest BCUT2D eigenvalue weighted by Crippen LogP contribution is 2.22. The number of ether oxygens (including phenoxy) is 1. The average Bonchev–Trinajstić information content (AvgIpc) is 2.35. The van der Waals surface area contributed by atoms with Crippen molar-refractivity contribution in [1.82, 2.24) is 5.32 Å². The molecule has 1 aromatic rings. The van der Waals surface area contributed by atoms with Gasteiger partial charge in [0.05, 0.1) is 13.7 Å². The Labute approximate surface area is 99.4 Å². The molecular weight excluding hydrogens is 220 g/mol. The largest absolute Gasteiger partial charge is 0.497 e. The van der Waals surface area contributed by atoms with Gasteiger partial charge in [-0.05, 0) is 31.2 Å². The molecule has 1 aromatic carbocycles. The summed E-state index contributed by atoms with van der Waals surface area (Å²) in [4.78, 5) is 24.8. The number of rotatable bonds is 2. The normalized spacial score (nSPS) is 20.1. The molecule has 1 aliphatic rings. The van der Waals surface area contributed by atoms with Gasteiger partial charge in [0, 0.05) is 5.69 Å². The molecule has 0 aliphatic carbocycles. The predicted octanol–water partition coefficient (Wildman–Crippen LogP) is 0.546. The molecule has 0 bridgehead atoms. The van der Waals surface area contributed by atoms with Crippen molar-refractivity contribution in [1.29, 1.82) is 0 Å². The first kappa shape index (κ1) is 11.4. The molecule has 0 aromatic heterocycles. The molecule has 0 saturated carbocycles. The fourth-order valence-corrected chi connectivity index (χ4v) is 1.84. The third-order valence-corrected chi connectivity index (χ3v) is 2.80. The van der Waals surface area contributed by atoms with E-state index in [1.165, 1.54) is 4.90 Å². The molecule has 1 unspecified atom stereocenters. The minimum absolute atomic E-state index is 0.0508. The Morgan fingerprint density at radius 1 is 1.29 bits per heavy atom. The van der Waals surface area contributed by atoms with Gasteiger partial charge in [-0.3, -0.25) is 14.5 Å². The van der Waals surface area contributed by atoms with Crippen molar-refractivity contribution in [2.45, 2.75) is 13.0 Å². The highest BCUT2D eigenvalue weighted by molar-refractivity contribution is 6.06. The molecule has 1 N–H and O–H groups in total. The molecule has 1 heterocycles. The molecule has 1 atom stereocenters. The van der Waals surface area contributed by atoms with E-state index in [-0.39, 0.29) is 18.4 Å². The maximum Gasteiger partial charge on any atom is 0.247 e. The lowest BCUT2D eigenvalue weighted by atomic mass is 10.1. The van der Waals surface area contributed by atoms with E-state index in [0.717, 1.165) is 5.75 Å². The Morgan fingerprint density at radius 2 is 1.94 bits per heavy atom. The molecule has 2 amide bonds. The molecule has 2 rings (SSSR count). The Balaban J connectivity index is 2.29. The van der Waals surface area contributed by atoms with E-state index in [0.29, 0.717) is 5.69 Å². The Hall–Kier alpha value is -2.04. The van der Waals surface area contributed by atoms with Crippen LogP contribution in [0.15, 0.2) is 24.3 Å². The third kappa shape index (κ3) is 2.08. The highest BCUT2D eigenvalue weighted by Gasteiger charge is 2.31. The Morgan fingerprint density at radius 3 is 2.53 bits per heavy atom. The van der Waals surface area contributed by atoms with Crippen molar-refractivity contribution in [2.75, 3.05) is 18.6 Å². The summed E-state index contributed by atoms with van der Waals surface area (Å²) in [5.41, 5.74) is 0.707. The van der Waals surface area contributed by atoms with E-state index in [1.807, 2.05) is 0 Å². The topological polar surface area (TPSA) is 58.6 Å². The van der Waals surface area contributed by atoms with Crippen LogP contribution in [-0.4, -0.2) is 31.5 Å². The number of nitrogens with one attached hydrogen (secondary N) is 1. The van der Waals surface area contributed by atoms with E-state index in [2.05, 4.69) is 5.32 Å². The number of anilines is 1. The predicted molar refractivity (Wildman–Crippen MR) is 63.0 cm³/mol. The van der Waals surface area contributed by atoms with E-state index < -0.39 is 6.04 Å². The molecule has 0 spiro atoms. The minimum Gasteiger partial charge on any atom is -0.497 e. The van der Waals surface area contributed by atoms with Gasteiger partial charge in [-0.2, -0.15) is 0 Å². The van der Waals surface area contributed by atoms with Crippen LogP contribution in [0.3, 0.4) is 0 Å². The number of hydrogen-bond acceptors (Lipinski definition) is 3. The summed E-state index contributed by atoms with van der Waals surface area (Å²) in [6.45, 7) is 1.76. The van der Waals surface area contributed by atoms with Crippen LogP contribution in [0.25, 0.3) is 0 Å². The van der Waals surface area contributed by atoms with Gasteiger partial charge < -0.3 is 10.1 Å². The smallest absolute Gasteiger partial charge is 0.247 e. The fraction of sp³-hybridized carbons (Fsp3) is 0.333. The van der Waals surface area contributed by atoms with Gasteiger partial charge in [0.2, 0.25) is 11.8 Å². The maximum absolute atomic E-state index is 11.8. The average molecular weight is 234 g/mol. The highest BCUT2D eigenvalue weighted by atomic mass is 16.5. The molecule has 1 fully saturated rings. The number of hydrogen-bond donors (Lipinski definition) is 1. The molecule has 1 saturated heterocycles. The van der Waals surface area contributed by atoms with Gasteiger partial charge in [-0.25, -0.2) is 0 Å². The molecule has 0 radical (unpaired) electrons. The summed E-state index contributed by atoms with van der Waals surface area (Å²) in [7, 11) is 1.58. The zero-order valence-corrected chi connectivity index (χ0v) is 9.77. The van der Waals surface area contributed by atoms with Crippen LogP contribution >= 0.6 is 0 Å². The SMILES string of the molecule is COc1ccc(N2C(=O)CNC(=O)C2C)cc1. The second-order valence-electron chi connectivity index (χ2n) is 3.86. The van der Waals surface area contributed by atoms with Crippen molar-refractivity contribution in [3.63, 3.8) is 0 Å². The second kappa shape index (κ2) is 4.45. The molecule has 5 heteroatoms. The van der Waals surface area contributed by atoms with Gasteiger partial charge >= 0.3 is 0 Å². The first-order valence-corrected chi connectivity index (χ1v) is 5.37. The first-order chi connectivity index (χ1) is 8.13. The summed E-state index contributed by atoms with van der Waals surface area (Å²) >= 11 is 0. The second-order valence-corrected chi connectivity index (χ2v) is 3.86. The van der Waals surface area contributed by atoms with Gasteiger partial charge in [-0.1, -0.05) is 0 Å².